The largest absolute Gasteiger partial charge is 0.335 e. The molecule has 144 valence electrons. The number of hydrogen-bond donors (Lipinski definition) is 2. The molecule has 2 amide bonds. The second-order valence-corrected chi connectivity index (χ2v) is 9.57. The summed E-state index contributed by atoms with van der Waals surface area (Å²) in [6.45, 7) is 10.6. The van der Waals surface area contributed by atoms with Crippen molar-refractivity contribution >= 4 is 6.03 Å². The number of nitrogens with zero attached hydrogens (tertiary/aromatic N) is 1. The zero-order chi connectivity index (χ0) is 18.8. The second-order valence-electron chi connectivity index (χ2n) is 9.57. The molecular weight excluding hydrogens is 322 g/mol. The fourth-order valence-electron chi connectivity index (χ4n) is 4.98. The highest BCUT2D eigenvalue weighted by atomic mass is 16.2. The van der Waals surface area contributed by atoms with Crippen molar-refractivity contribution in [3.8, 4) is 0 Å². The number of carbonyl (C=O) groups excluding carboxylic acids is 1. The standard InChI is InChI=1S/C22H35N3O/c1-21(2)15-19(16-22(3,4)24-21)23-20(26)25-12-10-18(11-13-25)14-17-8-6-5-7-9-17/h5-9,18-19,24H,10-16H2,1-4H3,(H,23,26). The van der Waals surface area contributed by atoms with Crippen LogP contribution in [0.3, 0.4) is 0 Å². The Balaban J connectivity index is 1.48. The van der Waals surface area contributed by atoms with Gasteiger partial charge < -0.3 is 15.5 Å². The number of carbonyl (C=O) groups is 1. The van der Waals surface area contributed by atoms with Crippen LogP contribution in [0.15, 0.2) is 30.3 Å². The van der Waals surface area contributed by atoms with Crippen molar-refractivity contribution < 1.29 is 4.79 Å². The Labute approximate surface area is 158 Å². The maximum Gasteiger partial charge on any atom is 0.317 e. The Bertz CT molecular complexity index is 587. The molecule has 26 heavy (non-hydrogen) atoms. The molecule has 0 radical (unpaired) electrons. The fourth-order valence-corrected chi connectivity index (χ4v) is 4.98. The number of likely N-dealkylation sites (tertiary alicyclic amines) is 1. The van der Waals surface area contributed by atoms with E-state index in [2.05, 4.69) is 68.7 Å². The van der Waals surface area contributed by atoms with Crippen LogP contribution in [-0.4, -0.2) is 41.1 Å². The minimum absolute atomic E-state index is 0.0579. The van der Waals surface area contributed by atoms with Gasteiger partial charge in [0, 0.05) is 30.2 Å². The van der Waals surface area contributed by atoms with Gasteiger partial charge in [0.05, 0.1) is 0 Å². The van der Waals surface area contributed by atoms with E-state index < -0.39 is 0 Å². The molecule has 1 aromatic carbocycles. The van der Waals surface area contributed by atoms with E-state index in [1.807, 2.05) is 4.90 Å². The van der Waals surface area contributed by atoms with E-state index in [9.17, 15) is 4.79 Å². The van der Waals surface area contributed by atoms with Crippen LogP contribution in [0.4, 0.5) is 4.79 Å². The molecule has 2 fully saturated rings. The summed E-state index contributed by atoms with van der Waals surface area (Å²) in [4.78, 5) is 14.8. The third-order valence-electron chi connectivity index (χ3n) is 5.79. The molecule has 4 heteroatoms. The minimum atomic E-state index is 0.0579. The van der Waals surface area contributed by atoms with E-state index in [1.54, 1.807) is 0 Å². The molecule has 0 unspecified atom stereocenters. The average Bonchev–Trinajstić information content (AvgIpc) is 2.53. The number of hydrogen-bond acceptors (Lipinski definition) is 2. The summed E-state index contributed by atoms with van der Waals surface area (Å²) in [6.07, 6.45) is 5.29. The molecule has 2 N–H and O–H groups in total. The predicted molar refractivity (Wildman–Crippen MR) is 107 cm³/mol. The molecular formula is C22H35N3O. The Morgan fingerprint density at radius 1 is 1.08 bits per heavy atom. The molecule has 0 atom stereocenters. The van der Waals surface area contributed by atoms with Crippen molar-refractivity contribution in [1.29, 1.82) is 0 Å². The van der Waals surface area contributed by atoms with Gasteiger partial charge in [0.1, 0.15) is 0 Å². The number of piperidine rings is 2. The molecule has 4 nitrogen and oxygen atoms in total. The minimum Gasteiger partial charge on any atom is -0.335 e. The summed E-state index contributed by atoms with van der Waals surface area (Å²) >= 11 is 0. The third-order valence-corrected chi connectivity index (χ3v) is 5.79. The van der Waals surface area contributed by atoms with Crippen molar-refractivity contribution in [1.82, 2.24) is 15.5 Å². The lowest BCUT2D eigenvalue weighted by Crippen LogP contribution is -2.63. The fraction of sp³-hybridized carbons (Fsp3) is 0.682. The van der Waals surface area contributed by atoms with Gasteiger partial charge in [0.2, 0.25) is 0 Å². The van der Waals surface area contributed by atoms with E-state index in [1.165, 1.54) is 5.56 Å². The first-order valence-electron chi connectivity index (χ1n) is 10.1. The highest BCUT2D eigenvalue weighted by molar-refractivity contribution is 5.74. The number of nitrogens with one attached hydrogen (secondary N) is 2. The molecule has 3 rings (SSSR count). The molecule has 0 saturated carbocycles. The molecule has 2 aliphatic heterocycles. The van der Waals surface area contributed by atoms with Crippen LogP contribution in [0.5, 0.6) is 0 Å². The van der Waals surface area contributed by atoms with Gasteiger partial charge in [-0.25, -0.2) is 4.79 Å². The lowest BCUT2D eigenvalue weighted by molar-refractivity contribution is 0.131. The molecule has 0 bridgehead atoms. The van der Waals surface area contributed by atoms with Gasteiger partial charge in [-0.2, -0.15) is 0 Å². The van der Waals surface area contributed by atoms with Gasteiger partial charge in [-0.05, 0) is 71.3 Å². The molecule has 2 heterocycles. The summed E-state index contributed by atoms with van der Waals surface area (Å²) in [5.41, 5.74) is 1.53. The van der Waals surface area contributed by atoms with Crippen molar-refractivity contribution in [2.75, 3.05) is 13.1 Å². The molecule has 2 saturated heterocycles. The topological polar surface area (TPSA) is 44.4 Å². The SMILES string of the molecule is CC1(C)CC(NC(=O)N2CCC(Cc3ccccc3)CC2)CC(C)(C)N1. The van der Waals surface area contributed by atoms with Gasteiger partial charge in [0.15, 0.2) is 0 Å². The Morgan fingerprint density at radius 3 is 2.23 bits per heavy atom. The lowest BCUT2D eigenvalue weighted by Gasteiger charge is -2.47. The normalized spacial score (nSPS) is 23.6. The quantitative estimate of drug-likeness (QED) is 0.860. The van der Waals surface area contributed by atoms with E-state index in [0.29, 0.717) is 5.92 Å². The van der Waals surface area contributed by atoms with Crippen molar-refractivity contribution in [2.24, 2.45) is 5.92 Å². The molecule has 2 aliphatic rings. The zero-order valence-corrected chi connectivity index (χ0v) is 16.8. The first-order chi connectivity index (χ1) is 12.2. The van der Waals surface area contributed by atoms with Gasteiger partial charge in [-0.15, -0.1) is 0 Å². The zero-order valence-electron chi connectivity index (χ0n) is 16.8. The maximum absolute atomic E-state index is 12.7. The van der Waals surface area contributed by atoms with Gasteiger partial charge in [-0.3, -0.25) is 0 Å². The number of amides is 2. The van der Waals surface area contributed by atoms with Crippen LogP contribution >= 0.6 is 0 Å². The van der Waals surface area contributed by atoms with E-state index >= 15 is 0 Å². The smallest absolute Gasteiger partial charge is 0.317 e. The highest BCUT2D eigenvalue weighted by Crippen LogP contribution is 2.29. The summed E-state index contributed by atoms with van der Waals surface area (Å²) < 4.78 is 0. The molecule has 1 aromatic rings. The van der Waals surface area contributed by atoms with Crippen LogP contribution in [0.25, 0.3) is 0 Å². The number of urea groups is 1. The van der Waals surface area contributed by atoms with Gasteiger partial charge in [-0.1, -0.05) is 30.3 Å². The molecule has 0 aromatic heterocycles. The third kappa shape index (κ3) is 5.23. The number of rotatable bonds is 3. The first-order valence-corrected chi connectivity index (χ1v) is 10.1. The average molecular weight is 358 g/mol. The number of benzene rings is 1. The van der Waals surface area contributed by atoms with Crippen LogP contribution < -0.4 is 10.6 Å². The predicted octanol–water partition coefficient (Wildman–Crippen LogP) is 3.96. The second kappa shape index (κ2) is 7.59. The van der Waals surface area contributed by atoms with Gasteiger partial charge in [0.25, 0.3) is 0 Å². The van der Waals surface area contributed by atoms with E-state index in [0.717, 1.165) is 45.2 Å². The summed E-state index contributed by atoms with van der Waals surface area (Å²) in [5.74, 6) is 0.693. The van der Waals surface area contributed by atoms with Crippen molar-refractivity contribution in [3.63, 3.8) is 0 Å². The van der Waals surface area contributed by atoms with Gasteiger partial charge >= 0.3 is 6.03 Å². The van der Waals surface area contributed by atoms with Crippen LogP contribution in [0.1, 0.15) is 58.9 Å². The lowest BCUT2D eigenvalue weighted by atomic mass is 9.79. The first kappa shape index (κ1) is 19.2. The summed E-state index contributed by atoms with van der Waals surface area (Å²) in [6, 6.07) is 11.1. The van der Waals surface area contributed by atoms with Crippen LogP contribution in [-0.2, 0) is 6.42 Å². The van der Waals surface area contributed by atoms with Crippen LogP contribution in [0, 0.1) is 5.92 Å². The molecule has 0 aliphatic carbocycles. The summed E-state index contributed by atoms with van der Waals surface area (Å²) in [7, 11) is 0. The van der Waals surface area contributed by atoms with E-state index in [-0.39, 0.29) is 23.2 Å². The molecule has 0 spiro atoms. The Kier molecular flexibility index (Phi) is 5.61. The van der Waals surface area contributed by atoms with Crippen molar-refractivity contribution in [3.05, 3.63) is 35.9 Å². The van der Waals surface area contributed by atoms with Crippen molar-refractivity contribution in [2.45, 2.75) is 76.9 Å². The highest BCUT2D eigenvalue weighted by Gasteiger charge is 2.38. The van der Waals surface area contributed by atoms with Crippen LogP contribution in [0.2, 0.25) is 0 Å². The van der Waals surface area contributed by atoms with E-state index in [4.69, 9.17) is 0 Å². The Morgan fingerprint density at radius 2 is 1.65 bits per heavy atom. The Hall–Kier alpha value is -1.55. The monoisotopic (exact) mass is 357 g/mol. The maximum atomic E-state index is 12.7. The summed E-state index contributed by atoms with van der Waals surface area (Å²) in [5, 5.41) is 6.99.